The minimum absolute atomic E-state index is 0.0420. The number of unbranched alkanes of at least 4 members (excludes halogenated alkanes) is 34. The Hall–Kier alpha value is -2.45. The van der Waals surface area contributed by atoms with Crippen LogP contribution in [-0.4, -0.2) is 75.5 Å². The van der Waals surface area contributed by atoms with Gasteiger partial charge in [-0.3, -0.25) is 9.59 Å². The molecule has 0 rings (SSSR count). The molecule has 0 bridgehead atoms. The number of allylic oxidation sites excluding steroid dienone is 6. The lowest BCUT2D eigenvalue weighted by Crippen LogP contribution is -2.55. The Morgan fingerprint density at radius 1 is 0.435 bits per heavy atom. The summed E-state index contributed by atoms with van der Waals surface area (Å²) in [6, 6.07) is -0.727. The van der Waals surface area contributed by atoms with Gasteiger partial charge in [-0.1, -0.05) is 249 Å². The second-order valence-electron chi connectivity index (χ2n) is 21.2. The summed E-state index contributed by atoms with van der Waals surface area (Å²) < 4.78 is 17.3. The Kier molecular flexibility index (Phi) is 50.0. The van der Waals surface area contributed by atoms with Crippen molar-refractivity contribution in [3.8, 4) is 0 Å². The molecule has 0 radical (unpaired) electrons. The Balaban J connectivity index is 4.14. The molecular weight excluding hydrogens is 859 g/mol. The van der Waals surface area contributed by atoms with Crippen LogP contribution in [0.25, 0.3) is 0 Å². The topological polar surface area (TPSA) is 102 Å². The fourth-order valence-electron chi connectivity index (χ4n) is 8.96. The molecular formula is C61H113NO7. The molecule has 0 aliphatic carbocycles. The van der Waals surface area contributed by atoms with E-state index in [9.17, 15) is 19.5 Å². The maximum atomic E-state index is 12.8. The number of nitrogens with zero attached hydrogens (tertiary/aromatic N) is 1. The molecule has 0 aromatic rings. The maximum absolute atomic E-state index is 12.8. The number of carbonyl (C=O) groups is 3. The monoisotopic (exact) mass is 972 g/mol. The van der Waals surface area contributed by atoms with Crippen molar-refractivity contribution in [1.82, 2.24) is 0 Å². The zero-order valence-electron chi connectivity index (χ0n) is 46.2. The predicted octanol–water partition coefficient (Wildman–Crippen LogP) is 16.4. The molecule has 2 atom stereocenters. The van der Waals surface area contributed by atoms with E-state index in [1.54, 1.807) is 0 Å². The minimum Gasteiger partial charge on any atom is -0.544 e. The Morgan fingerprint density at radius 2 is 0.768 bits per heavy atom. The maximum Gasteiger partial charge on any atom is 0.306 e. The van der Waals surface area contributed by atoms with E-state index in [1.807, 2.05) is 21.1 Å². The molecule has 404 valence electrons. The number of carboxylic acid groups (broad SMARTS) is 1. The zero-order valence-corrected chi connectivity index (χ0v) is 46.2. The molecule has 0 saturated carbocycles. The highest BCUT2D eigenvalue weighted by Gasteiger charge is 2.25. The van der Waals surface area contributed by atoms with Crippen molar-refractivity contribution in [1.29, 1.82) is 0 Å². The Labute approximate surface area is 427 Å². The Bertz CT molecular complexity index is 1220. The van der Waals surface area contributed by atoms with E-state index >= 15 is 0 Å². The number of carboxylic acids is 1. The normalized spacial score (nSPS) is 13.0. The van der Waals surface area contributed by atoms with Crippen LogP contribution >= 0.6 is 0 Å². The summed E-state index contributed by atoms with van der Waals surface area (Å²) in [7, 11) is 5.43. The average molecular weight is 973 g/mol. The first-order valence-corrected chi connectivity index (χ1v) is 29.5. The van der Waals surface area contributed by atoms with Crippen LogP contribution in [0.5, 0.6) is 0 Å². The first-order chi connectivity index (χ1) is 33.6. The fourth-order valence-corrected chi connectivity index (χ4v) is 8.96. The van der Waals surface area contributed by atoms with Crippen molar-refractivity contribution in [2.45, 2.75) is 296 Å². The number of hydrogen-bond donors (Lipinski definition) is 0. The number of ether oxygens (including phenoxy) is 3. The summed E-state index contributed by atoms with van der Waals surface area (Å²) in [5, 5.41) is 11.7. The second kappa shape index (κ2) is 51.9. The largest absolute Gasteiger partial charge is 0.544 e. The molecule has 8 nitrogen and oxygen atoms in total. The molecule has 0 spiro atoms. The Morgan fingerprint density at radius 3 is 1.16 bits per heavy atom. The van der Waals surface area contributed by atoms with Crippen LogP contribution in [-0.2, 0) is 28.6 Å². The molecule has 0 aliphatic rings. The summed E-state index contributed by atoms with van der Waals surface area (Å²) in [6.07, 6.45) is 63.3. The molecule has 0 saturated heterocycles. The molecule has 0 aliphatic heterocycles. The standard InChI is InChI=1S/C61H113NO7/c1-6-8-10-12-14-16-18-20-22-24-26-28-30-32-33-35-37-39-41-43-45-47-49-51-59(63)68-56-57(55-67-54-53-58(61(65)66)62(3,4)5)69-60(64)52-50-48-46-44-42-40-38-36-34-31-29-27-25-23-21-19-17-15-13-11-9-7-2/h15,17,21,23,27,29,57-58H,6-14,16,18-20,22,24-26,28,30-56H2,1-5H3/b17-15+,23-21+,29-27+. The summed E-state index contributed by atoms with van der Waals surface area (Å²) in [6.45, 7) is 4.68. The third-order valence-corrected chi connectivity index (χ3v) is 13.5. The summed E-state index contributed by atoms with van der Waals surface area (Å²) in [5.74, 6) is -1.72. The van der Waals surface area contributed by atoms with Gasteiger partial charge in [-0.25, -0.2) is 0 Å². The van der Waals surface area contributed by atoms with Gasteiger partial charge in [0.2, 0.25) is 0 Å². The minimum atomic E-state index is -1.12. The van der Waals surface area contributed by atoms with Gasteiger partial charge in [0, 0.05) is 19.3 Å². The van der Waals surface area contributed by atoms with Crippen molar-refractivity contribution in [3.63, 3.8) is 0 Å². The van der Waals surface area contributed by atoms with Crippen LogP contribution in [0.15, 0.2) is 36.5 Å². The van der Waals surface area contributed by atoms with E-state index < -0.39 is 18.1 Å². The second-order valence-corrected chi connectivity index (χ2v) is 21.2. The lowest BCUT2D eigenvalue weighted by Gasteiger charge is -2.34. The van der Waals surface area contributed by atoms with E-state index in [-0.39, 0.29) is 42.7 Å². The first-order valence-electron chi connectivity index (χ1n) is 29.5. The van der Waals surface area contributed by atoms with Gasteiger partial charge in [-0.05, 0) is 51.4 Å². The number of rotatable bonds is 54. The first kappa shape index (κ1) is 66.6. The highest BCUT2D eigenvalue weighted by atomic mass is 16.6. The van der Waals surface area contributed by atoms with Gasteiger partial charge < -0.3 is 28.6 Å². The van der Waals surface area contributed by atoms with Crippen LogP contribution in [0.3, 0.4) is 0 Å². The molecule has 2 unspecified atom stereocenters. The van der Waals surface area contributed by atoms with Gasteiger partial charge >= 0.3 is 11.9 Å². The average Bonchev–Trinajstić information content (AvgIpc) is 3.31. The van der Waals surface area contributed by atoms with Crippen molar-refractivity contribution in [3.05, 3.63) is 36.5 Å². The van der Waals surface area contributed by atoms with Crippen molar-refractivity contribution >= 4 is 17.9 Å². The number of likely N-dealkylation sites (N-methyl/N-ethyl adjacent to an activating group) is 1. The number of aliphatic carboxylic acids is 1. The molecule has 0 fully saturated rings. The van der Waals surface area contributed by atoms with E-state index in [4.69, 9.17) is 14.2 Å². The predicted molar refractivity (Wildman–Crippen MR) is 291 cm³/mol. The number of quaternary nitrogens is 1. The number of hydrogen-bond acceptors (Lipinski definition) is 7. The fraction of sp³-hybridized carbons (Fsp3) is 0.852. The third kappa shape index (κ3) is 50.3. The molecule has 0 aromatic heterocycles. The zero-order chi connectivity index (χ0) is 50.6. The van der Waals surface area contributed by atoms with Crippen molar-refractivity contribution < 1.29 is 38.2 Å². The molecule has 8 heteroatoms. The lowest BCUT2D eigenvalue weighted by atomic mass is 10.0. The van der Waals surface area contributed by atoms with Gasteiger partial charge in [0.05, 0.1) is 40.3 Å². The SMILES string of the molecule is CCCCC/C=C/C/C=C/C/C=C/CCCCCCCCCCCC(=O)OC(COCCC(C(=O)[O-])[N+](C)(C)C)COC(=O)CCCCCCCCCCCCCCCCCCCCCCCCC. The summed E-state index contributed by atoms with van der Waals surface area (Å²) >= 11 is 0. The van der Waals surface area contributed by atoms with Crippen LogP contribution < -0.4 is 5.11 Å². The van der Waals surface area contributed by atoms with Gasteiger partial charge in [-0.15, -0.1) is 0 Å². The van der Waals surface area contributed by atoms with Gasteiger partial charge in [-0.2, -0.15) is 0 Å². The summed E-state index contributed by atoms with van der Waals surface area (Å²) in [5.41, 5.74) is 0. The van der Waals surface area contributed by atoms with Crippen molar-refractivity contribution in [2.75, 3.05) is 41.0 Å². The third-order valence-electron chi connectivity index (χ3n) is 13.5. The van der Waals surface area contributed by atoms with Crippen LogP contribution in [0.2, 0.25) is 0 Å². The molecule has 0 N–H and O–H groups in total. The van der Waals surface area contributed by atoms with Gasteiger partial charge in [0.1, 0.15) is 12.6 Å². The molecule has 0 heterocycles. The van der Waals surface area contributed by atoms with Gasteiger partial charge in [0.15, 0.2) is 6.10 Å². The number of carbonyl (C=O) groups excluding carboxylic acids is 3. The van der Waals surface area contributed by atoms with E-state index in [2.05, 4.69) is 50.3 Å². The van der Waals surface area contributed by atoms with E-state index in [1.165, 1.54) is 193 Å². The van der Waals surface area contributed by atoms with Crippen LogP contribution in [0.1, 0.15) is 284 Å². The molecule has 69 heavy (non-hydrogen) atoms. The smallest absolute Gasteiger partial charge is 0.306 e. The van der Waals surface area contributed by atoms with Crippen LogP contribution in [0.4, 0.5) is 0 Å². The van der Waals surface area contributed by atoms with E-state index in [0.29, 0.717) is 12.8 Å². The summed E-state index contributed by atoms with van der Waals surface area (Å²) in [4.78, 5) is 37.2. The lowest BCUT2D eigenvalue weighted by molar-refractivity contribution is -0.889. The van der Waals surface area contributed by atoms with E-state index in [0.717, 1.165) is 57.8 Å². The quantitative estimate of drug-likeness (QED) is 0.0259. The molecule has 0 amide bonds. The highest BCUT2D eigenvalue weighted by Crippen LogP contribution is 2.17. The van der Waals surface area contributed by atoms with Crippen LogP contribution in [0, 0.1) is 0 Å². The number of esters is 2. The van der Waals surface area contributed by atoms with Gasteiger partial charge in [0.25, 0.3) is 0 Å². The van der Waals surface area contributed by atoms with Crippen molar-refractivity contribution in [2.24, 2.45) is 0 Å². The highest BCUT2D eigenvalue weighted by molar-refractivity contribution is 5.70. The molecule has 0 aromatic carbocycles.